The second-order valence-corrected chi connectivity index (χ2v) is 3.39. The third kappa shape index (κ3) is 5.21. The summed E-state index contributed by atoms with van der Waals surface area (Å²) in [4.78, 5) is 0. The molecule has 0 bridgehead atoms. The maximum absolute atomic E-state index is 9.32. The van der Waals surface area contributed by atoms with E-state index < -0.39 is 6.10 Å². The van der Waals surface area contributed by atoms with Crippen LogP contribution in [0.3, 0.4) is 0 Å². The van der Waals surface area contributed by atoms with E-state index in [1.807, 2.05) is 30.3 Å². The fourth-order valence-corrected chi connectivity index (χ4v) is 1.22. The number of ether oxygens (including phenoxy) is 1. The molecule has 1 rings (SSSR count). The van der Waals surface area contributed by atoms with Crippen molar-refractivity contribution in [3.63, 3.8) is 0 Å². The van der Waals surface area contributed by atoms with Crippen LogP contribution in [-0.4, -0.2) is 17.8 Å². The lowest BCUT2D eigenvalue weighted by molar-refractivity contribution is 0.0754. The van der Waals surface area contributed by atoms with E-state index in [2.05, 4.69) is 5.92 Å². The van der Waals surface area contributed by atoms with Crippen molar-refractivity contribution in [1.29, 1.82) is 0 Å². The topological polar surface area (TPSA) is 29.5 Å². The highest BCUT2D eigenvalue weighted by molar-refractivity contribution is 5.13. The Labute approximate surface area is 90.9 Å². The van der Waals surface area contributed by atoms with Crippen LogP contribution in [0.2, 0.25) is 0 Å². The van der Waals surface area contributed by atoms with Crippen molar-refractivity contribution in [1.82, 2.24) is 0 Å². The largest absolute Gasteiger partial charge is 0.392 e. The molecule has 1 N–H and O–H groups in total. The molecular formula is C13H16O2. The van der Waals surface area contributed by atoms with Crippen LogP contribution in [0.5, 0.6) is 0 Å². The number of hydrogen-bond donors (Lipinski definition) is 1. The minimum absolute atomic E-state index is 0.398. The summed E-state index contributed by atoms with van der Waals surface area (Å²) in [5.74, 6) is 2.42. The molecule has 0 spiro atoms. The van der Waals surface area contributed by atoms with Crippen LogP contribution in [0.4, 0.5) is 0 Å². The SMILES string of the molecule is C#CCC(O)CCOCc1ccccc1. The standard InChI is InChI=1S/C13H16O2/c1-2-6-13(14)9-10-15-11-12-7-4-3-5-8-12/h1,3-5,7-8,13-14H,6,9-11H2. The molecule has 0 saturated carbocycles. The van der Waals surface area contributed by atoms with Gasteiger partial charge in [0.2, 0.25) is 0 Å². The van der Waals surface area contributed by atoms with Crippen molar-refractivity contribution >= 4 is 0 Å². The Balaban J connectivity index is 2.10. The Kier molecular flexibility index (Phi) is 5.54. The summed E-state index contributed by atoms with van der Waals surface area (Å²) in [6.45, 7) is 1.13. The number of aliphatic hydroxyl groups is 1. The molecule has 0 aliphatic carbocycles. The van der Waals surface area contributed by atoms with Crippen LogP contribution >= 0.6 is 0 Å². The van der Waals surface area contributed by atoms with Crippen LogP contribution < -0.4 is 0 Å². The third-order valence-electron chi connectivity index (χ3n) is 2.06. The van der Waals surface area contributed by atoms with E-state index in [4.69, 9.17) is 11.2 Å². The molecular weight excluding hydrogens is 188 g/mol. The first kappa shape index (κ1) is 11.8. The Bertz CT molecular complexity index is 300. The molecule has 1 unspecified atom stereocenters. The summed E-state index contributed by atoms with van der Waals surface area (Å²) in [6, 6.07) is 9.95. The Morgan fingerprint density at radius 3 is 2.73 bits per heavy atom. The molecule has 0 amide bonds. The second kappa shape index (κ2) is 7.05. The van der Waals surface area contributed by atoms with Crippen molar-refractivity contribution in [2.24, 2.45) is 0 Å². The van der Waals surface area contributed by atoms with E-state index >= 15 is 0 Å². The predicted octanol–water partition coefficient (Wildman–Crippen LogP) is 1.98. The molecule has 1 aromatic carbocycles. The highest BCUT2D eigenvalue weighted by Gasteiger charge is 2.01. The molecule has 2 heteroatoms. The summed E-state index contributed by atoms with van der Waals surface area (Å²) >= 11 is 0. The predicted molar refractivity (Wildman–Crippen MR) is 60.2 cm³/mol. The van der Waals surface area contributed by atoms with Crippen LogP contribution in [0.15, 0.2) is 30.3 Å². The second-order valence-electron chi connectivity index (χ2n) is 3.39. The van der Waals surface area contributed by atoms with E-state index in [1.54, 1.807) is 0 Å². The maximum atomic E-state index is 9.32. The first-order valence-corrected chi connectivity index (χ1v) is 5.06. The fraction of sp³-hybridized carbons (Fsp3) is 0.385. The van der Waals surface area contributed by atoms with Crippen molar-refractivity contribution < 1.29 is 9.84 Å². The van der Waals surface area contributed by atoms with Gasteiger partial charge in [0, 0.05) is 13.0 Å². The summed E-state index contributed by atoms with van der Waals surface area (Å²) in [5, 5.41) is 9.32. The molecule has 0 aliphatic heterocycles. The van der Waals surface area contributed by atoms with Gasteiger partial charge in [0.15, 0.2) is 0 Å². The van der Waals surface area contributed by atoms with Gasteiger partial charge in [0.25, 0.3) is 0 Å². The van der Waals surface area contributed by atoms with E-state index in [0.29, 0.717) is 26.1 Å². The number of aliphatic hydroxyl groups excluding tert-OH is 1. The van der Waals surface area contributed by atoms with Crippen molar-refractivity contribution in [2.75, 3.05) is 6.61 Å². The molecule has 0 radical (unpaired) electrons. The van der Waals surface area contributed by atoms with Gasteiger partial charge in [-0.05, 0) is 12.0 Å². The van der Waals surface area contributed by atoms with E-state index in [-0.39, 0.29) is 0 Å². The quantitative estimate of drug-likeness (QED) is 0.567. The van der Waals surface area contributed by atoms with Gasteiger partial charge < -0.3 is 9.84 Å². The number of terminal acetylenes is 1. The zero-order valence-corrected chi connectivity index (χ0v) is 8.73. The first-order valence-electron chi connectivity index (χ1n) is 5.06. The molecule has 1 atom stereocenters. The summed E-state index contributed by atoms with van der Waals surface area (Å²) in [7, 11) is 0. The molecule has 0 aromatic heterocycles. The highest BCUT2D eigenvalue weighted by Crippen LogP contribution is 2.02. The van der Waals surface area contributed by atoms with Gasteiger partial charge in [-0.1, -0.05) is 30.3 Å². The lowest BCUT2D eigenvalue weighted by atomic mass is 10.2. The van der Waals surface area contributed by atoms with Crippen LogP contribution in [0, 0.1) is 12.3 Å². The van der Waals surface area contributed by atoms with Gasteiger partial charge in [-0.15, -0.1) is 12.3 Å². The molecule has 0 heterocycles. The van der Waals surface area contributed by atoms with E-state index in [1.165, 1.54) is 0 Å². The van der Waals surface area contributed by atoms with Crippen LogP contribution in [-0.2, 0) is 11.3 Å². The minimum Gasteiger partial charge on any atom is -0.392 e. The van der Waals surface area contributed by atoms with Crippen LogP contribution in [0.1, 0.15) is 18.4 Å². The average Bonchev–Trinajstić information content (AvgIpc) is 2.26. The lowest BCUT2D eigenvalue weighted by Gasteiger charge is -2.07. The van der Waals surface area contributed by atoms with Crippen molar-refractivity contribution in [3.8, 4) is 12.3 Å². The van der Waals surface area contributed by atoms with Gasteiger partial charge in [0.1, 0.15) is 0 Å². The monoisotopic (exact) mass is 204 g/mol. The number of benzene rings is 1. The minimum atomic E-state index is -0.439. The van der Waals surface area contributed by atoms with Gasteiger partial charge in [0.05, 0.1) is 12.7 Å². The first-order chi connectivity index (χ1) is 7.33. The van der Waals surface area contributed by atoms with Crippen LogP contribution in [0.25, 0.3) is 0 Å². The van der Waals surface area contributed by atoms with Gasteiger partial charge in [-0.25, -0.2) is 0 Å². The third-order valence-corrected chi connectivity index (χ3v) is 2.06. The molecule has 2 nitrogen and oxygen atoms in total. The Morgan fingerprint density at radius 2 is 2.07 bits per heavy atom. The van der Waals surface area contributed by atoms with Crippen molar-refractivity contribution in [2.45, 2.75) is 25.6 Å². The molecule has 15 heavy (non-hydrogen) atoms. The number of rotatable bonds is 6. The van der Waals surface area contributed by atoms with E-state index in [0.717, 1.165) is 5.56 Å². The Morgan fingerprint density at radius 1 is 1.33 bits per heavy atom. The zero-order chi connectivity index (χ0) is 10.9. The highest BCUT2D eigenvalue weighted by atomic mass is 16.5. The van der Waals surface area contributed by atoms with Gasteiger partial charge in [-0.3, -0.25) is 0 Å². The molecule has 0 aliphatic rings. The normalized spacial score (nSPS) is 12.0. The average molecular weight is 204 g/mol. The molecule has 0 fully saturated rings. The van der Waals surface area contributed by atoms with Gasteiger partial charge >= 0.3 is 0 Å². The number of hydrogen-bond acceptors (Lipinski definition) is 2. The van der Waals surface area contributed by atoms with Crippen molar-refractivity contribution in [3.05, 3.63) is 35.9 Å². The Hall–Kier alpha value is -1.30. The summed E-state index contributed by atoms with van der Waals surface area (Å²) < 4.78 is 5.41. The lowest BCUT2D eigenvalue weighted by Crippen LogP contribution is -2.09. The van der Waals surface area contributed by atoms with Gasteiger partial charge in [-0.2, -0.15) is 0 Å². The summed E-state index contributed by atoms with van der Waals surface area (Å²) in [6.07, 6.45) is 5.63. The molecule has 1 aromatic rings. The maximum Gasteiger partial charge on any atom is 0.0716 e. The fourth-order valence-electron chi connectivity index (χ4n) is 1.22. The zero-order valence-electron chi connectivity index (χ0n) is 8.73. The smallest absolute Gasteiger partial charge is 0.0716 e. The molecule has 0 saturated heterocycles. The molecule has 80 valence electrons. The summed E-state index contributed by atoms with van der Waals surface area (Å²) in [5.41, 5.74) is 1.14. The van der Waals surface area contributed by atoms with E-state index in [9.17, 15) is 5.11 Å².